The van der Waals surface area contributed by atoms with E-state index in [1.807, 2.05) is 42.1 Å². The van der Waals surface area contributed by atoms with Crippen LogP contribution < -0.4 is 11.1 Å². The summed E-state index contributed by atoms with van der Waals surface area (Å²) in [7, 11) is 3.64. The maximum absolute atomic E-state index is 12.1. The van der Waals surface area contributed by atoms with Gasteiger partial charge >= 0.3 is 6.03 Å². The Kier molecular flexibility index (Phi) is 4.37. The summed E-state index contributed by atoms with van der Waals surface area (Å²) in [5, 5.41) is 2.83. The molecule has 0 saturated carbocycles. The summed E-state index contributed by atoms with van der Waals surface area (Å²) in [6, 6.07) is 7.31. The molecule has 2 aromatic rings. The minimum atomic E-state index is -0.173. The number of aryl methyl sites for hydroxylation is 1. The Labute approximate surface area is 118 Å². The van der Waals surface area contributed by atoms with Crippen molar-refractivity contribution in [3.8, 4) is 0 Å². The third-order valence-corrected chi connectivity index (χ3v) is 3.09. The molecule has 3 N–H and O–H groups in total. The van der Waals surface area contributed by atoms with Gasteiger partial charge in [-0.05, 0) is 17.7 Å². The molecule has 0 aliphatic heterocycles. The van der Waals surface area contributed by atoms with Gasteiger partial charge in [0.05, 0.1) is 6.54 Å². The summed E-state index contributed by atoms with van der Waals surface area (Å²) in [4.78, 5) is 17.8. The Hall–Kier alpha value is -2.34. The van der Waals surface area contributed by atoms with Crippen LogP contribution >= 0.6 is 0 Å². The fraction of sp³-hybridized carbons (Fsp3) is 0.286. The van der Waals surface area contributed by atoms with E-state index in [9.17, 15) is 4.79 Å². The highest BCUT2D eigenvalue weighted by molar-refractivity contribution is 5.89. The number of carbonyl (C=O) groups is 1. The first-order chi connectivity index (χ1) is 9.60. The first-order valence-corrected chi connectivity index (χ1v) is 6.37. The summed E-state index contributed by atoms with van der Waals surface area (Å²) in [5.74, 6) is 0.834. The molecule has 0 radical (unpaired) electrons. The van der Waals surface area contributed by atoms with Crippen LogP contribution in [0.4, 0.5) is 10.5 Å². The Balaban J connectivity index is 1.95. The van der Waals surface area contributed by atoms with Crippen molar-refractivity contribution in [2.45, 2.75) is 13.1 Å². The Morgan fingerprint density at radius 3 is 2.65 bits per heavy atom. The predicted molar refractivity (Wildman–Crippen MR) is 78.0 cm³/mol. The van der Waals surface area contributed by atoms with Crippen LogP contribution in [0.5, 0.6) is 0 Å². The van der Waals surface area contributed by atoms with Crippen LogP contribution in [-0.2, 0) is 20.1 Å². The molecule has 6 heteroatoms. The second-order valence-electron chi connectivity index (χ2n) is 4.64. The topological polar surface area (TPSA) is 76.2 Å². The summed E-state index contributed by atoms with van der Waals surface area (Å²) >= 11 is 0. The highest BCUT2D eigenvalue weighted by Crippen LogP contribution is 2.10. The van der Waals surface area contributed by atoms with Crippen LogP contribution in [0.2, 0.25) is 0 Å². The number of aromatic nitrogens is 2. The molecule has 0 aliphatic carbocycles. The van der Waals surface area contributed by atoms with Gasteiger partial charge in [0.2, 0.25) is 0 Å². The second kappa shape index (κ2) is 6.21. The molecule has 0 saturated heterocycles. The molecule has 0 spiro atoms. The second-order valence-corrected chi connectivity index (χ2v) is 4.64. The van der Waals surface area contributed by atoms with Crippen LogP contribution in [-0.4, -0.2) is 27.5 Å². The van der Waals surface area contributed by atoms with Gasteiger partial charge in [0.15, 0.2) is 0 Å². The predicted octanol–water partition coefficient (Wildman–Crippen LogP) is 1.54. The van der Waals surface area contributed by atoms with Gasteiger partial charge in [-0.1, -0.05) is 12.1 Å². The number of amides is 2. The normalized spacial score (nSPS) is 10.3. The largest absolute Gasteiger partial charge is 0.337 e. The summed E-state index contributed by atoms with van der Waals surface area (Å²) in [6.45, 7) is 0.948. The summed E-state index contributed by atoms with van der Waals surface area (Å²) < 4.78 is 1.89. The number of nitrogens with one attached hydrogen (secondary N) is 1. The number of nitrogens with zero attached hydrogens (tertiary/aromatic N) is 3. The lowest BCUT2D eigenvalue weighted by molar-refractivity contribution is 0.219. The molecule has 1 heterocycles. The third kappa shape index (κ3) is 3.36. The van der Waals surface area contributed by atoms with Gasteiger partial charge in [0, 0.05) is 38.7 Å². The van der Waals surface area contributed by atoms with Crippen LogP contribution in [0.15, 0.2) is 36.7 Å². The molecule has 0 atom stereocenters. The number of benzene rings is 1. The van der Waals surface area contributed by atoms with E-state index in [1.54, 1.807) is 18.1 Å². The molecule has 2 amide bonds. The van der Waals surface area contributed by atoms with Gasteiger partial charge in [-0.3, -0.25) is 0 Å². The van der Waals surface area contributed by atoms with Crippen LogP contribution in [0.25, 0.3) is 0 Å². The van der Waals surface area contributed by atoms with Gasteiger partial charge in [0.1, 0.15) is 5.82 Å². The van der Waals surface area contributed by atoms with Crippen LogP contribution in [0, 0.1) is 0 Å². The van der Waals surface area contributed by atoms with Crippen molar-refractivity contribution in [2.75, 3.05) is 12.4 Å². The number of anilines is 1. The van der Waals surface area contributed by atoms with Gasteiger partial charge in [-0.2, -0.15) is 0 Å². The molecule has 0 fully saturated rings. The smallest absolute Gasteiger partial charge is 0.321 e. The Morgan fingerprint density at radius 2 is 2.10 bits per heavy atom. The van der Waals surface area contributed by atoms with Gasteiger partial charge in [-0.15, -0.1) is 0 Å². The van der Waals surface area contributed by atoms with Crippen molar-refractivity contribution in [2.24, 2.45) is 12.8 Å². The fourth-order valence-electron chi connectivity index (χ4n) is 1.78. The van der Waals surface area contributed by atoms with Crippen LogP contribution in [0.3, 0.4) is 0 Å². The van der Waals surface area contributed by atoms with E-state index in [0.717, 1.165) is 17.1 Å². The molecular weight excluding hydrogens is 254 g/mol. The molecule has 1 aromatic heterocycles. The molecule has 1 aromatic carbocycles. The number of rotatable bonds is 4. The Bertz CT molecular complexity index is 576. The quantitative estimate of drug-likeness (QED) is 0.887. The third-order valence-electron chi connectivity index (χ3n) is 3.09. The number of urea groups is 1. The minimum Gasteiger partial charge on any atom is -0.337 e. The minimum absolute atomic E-state index is 0.173. The van der Waals surface area contributed by atoms with Gasteiger partial charge in [-0.25, -0.2) is 9.78 Å². The standard InChI is InChI=1S/C14H19N5O/c1-18-8-7-16-13(18)10-19(2)14(20)17-12-5-3-11(9-15)4-6-12/h3-8H,9-10,15H2,1-2H3,(H,17,20). The first-order valence-electron chi connectivity index (χ1n) is 6.37. The van der Waals surface area contributed by atoms with Crippen molar-refractivity contribution < 1.29 is 4.79 Å². The summed E-state index contributed by atoms with van der Waals surface area (Å²) in [5.41, 5.74) is 7.32. The van der Waals surface area contributed by atoms with E-state index in [0.29, 0.717) is 13.1 Å². The average Bonchev–Trinajstić information content (AvgIpc) is 2.85. The van der Waals surface area contributed by atoms with Crippen molar-refractivity contribution in [3.05, 3.63) is 48.0 Å². The lowest BCUT2D eigenvalue weighted by Crippen LogP contribution is -2.31. The maximum Gasteiger partial charge on any atom is 0.321 e. The van der Waals surface area contributed by atoms with E-state index in [4.69, 9.17) is 5.73 Å². The molecular formula is C14H19N5O. The molecule has 0 bridgehead atoms. The van der Waals surface area contributed by atoms with Gasteiger partial charge in [0.25, 0.3) is 0 Å². The van der Waals surface area contributed by atoms with Crippen LogP contribution in [0.1, 0.15) is 11.4 Å². The van der Waals surface area contributed by atoms with Crippen molar-refractivity contribution in [1.82, 2.24) is 14.5 Å². The van der Waals surface area contributed by atoms with E-state index in [1.165, 1.54) is 0 Å². The van der Waals surface area contributed by atoms with Crippen molar-refractivity contribution in [1.29, 1.82) is 0 Å². The number of hydrogen-bond acceptors (Lipinski definition) is 3. The van der Waals surface area contributed by atoms with E-state index >= 15 is 0 Å². The molecule has 2 rings (SSSR count). The zero-order chi connectivity index (χ0) is 14.5. The van der Waals surface area contributed by atoms with Gasteiger partial charge < -0.3 is 20.5 Å². The maximum atomic E-state index is 12.1. The zero-order valence-corrected chi connectivity index (χ0v) is 11.7. The average molecular weight is 273 g/mol. The summed E-state index contributed by atoms with van der Waals surface area (Å²) in [6.07, 6.45) is 3.57. The molecule has 106 valence electrons. The monoisotopic (exact) mass is 273 g/mol. The first kappa shape index (κ1) is 14.1. The Morgan fingerprint density at radius 1 is 1.40 bits per heavy atom. The lowest BCUT2D eigenvalue weighted by Gasteiger charge is -2.17. The molecule has 6 nitrogen and oxygen atoms in total. The van der Waals surface area contributed by atoms with Crippen molar-refractivity contribution >= 4 is 11.7 Å². The molecule has 20 heavy (non-hydrogen) atoms. The number of carbonyl (C=O) groups excluding carboxylic acids is 1. The van der Waals surface area contributed by atoms with Crippen molar-refractivity contribution in [3.63, 3.8) is 0 Å². The van der Waals surface area contributed by atoms with E-state index in [2.05, 4.69) is 10.3 Å². The van der Waals surface area contributed by atoms with E-state index < -0.39 is 0 Å². The highest BCUT2D eigenvalue weighted by Gasteiger charge is 2.11. The zero-order valence-electron chi connectivity index (χ0n) is 11.7. The lowest BCUT2D eigenvalue weighted by atomic mass is 10.2. The number of nitrogens with two attached hydrogens (primary N) is 1. The SMILES string of the molecule is CN(Cc1nccn1C)C(=O)Nc1ccc(CN)cc1. The number of hydrogen-bond donors (Lipinski definition) is 2. The fourth-order valence-corrected chi connectivity index (χ4v) is 1.78. The van der Waals surface area contributed by atoms with E-state index in [-0.39, 0.29) is 6.03 Å². The molecule has 0 unspecified atom stereocenters. The number of imidazole rings is 1. The highest BCUT2D eigenvalue weighted by atomic mass is 16.2. The molecule has 0 aliphatic rings.